The van der Waals surface area contributed by atoms with E-state index in [9.17, 15) is 9.90 Å². The lowest BCUT2D eigenvalue weighted by Crippen LogP contribution is -2.28. The highest BCUT2D eigenvalue weighted by Gasteiger charge is 2.29. The largest absolute Gasteiger partial charge is 0.481 e. The third-order valence-electron chi connectivity index (χ3n) is 3.72. The zero-order valence-corrected chi connectivity index (χ0v) is 11.8. The Labute approximate surface area is 113 Å². The minimum absolute atomic E-state index is 0.753. The molecule has 2 nitrogen and oxygen atoms in total. The molecule has 1 aromatic carbocycles. The first kappa shape index (κ1) is 13.5. The third kappa shape index (κ3) is 2.89. The maximum atomic E-state index is 11.2. The van der Waals surface area contributed by atoms with Gasteiger partial charge in [-0.25, -0.2) is 0 Å². The van der Waals surface area contributed by atoms with Crippen LogP contribution in [0.2, 0.25) is 0 Å². The summed E-state index contributed by atoms with van der Waals surface area (Å²) in [6.07, 6.45) is 5.32. The minimum Gasteiger partial charge on any atom is -0.481 e. The van der Waals surface area contributed by atoms with E-state index in [-0.39, 0.29) is 0 Å². The molecule has 0 unspecified atom stereocenters. The van der Waals surface area contributed by atoms with E-state index in [0.717, 1.165) is 10.8 Å². The van der Waals surface area contributed by atoms with Gasteiger partial charge < -0.3 is 5.11 Å². The molecule has 0 spiro atoms. The van der Waals surface area contributed by atoms with Gasteiger partial charge in [-0.1, -0.05) is 25.0 Å². The zero-order chi connectivity index (χ0) is 13.2. The lowest BCUT2D eigenvalue weighted by atomic mass is 9.85. The lowest BCUT2D eigenvalue weighted by Gasteiger charge is -2.20. The molecule has 2 rings (SSSR count). The van der Waals surface area contributed by atoms with Gasteiger partial charge in [-0.15, -0.1) is 11.8 Å². The summed E-state index contributed by atoms with van der Waals surface area (Å²) in [5.74, 6) is -0.779. The Balaban J connectivity index is 2.07. The number of rotatable bonds is 4. The number of carboxylic acids is 1. The van der Waals surface area contributed by atoms with Gasteiger partial charge in [0, 0.05) is 10.1 Å². The summed E-state index contributed by atoms with van der Waals surface area (Å²) < 4.78 is 0. The summed E-state index contributed by atoms with van der Waals surface area (Å²) in [5, 5.41) is 9.94. The highest BCUT2D eigenvalue weighted by molar-refractivity contribution is 8.00. The molecule has 0 bridgehead atoms. The zero-order valence-electron chi connectivity index (χ0n) is 11.0. The highest BCUT2D eigenvalue weighted by atomic mass is 32.2. The van der Waals surface area contributed by atoms with Crippen LogP contribution in [0.4, 0.5) is 0 Å². The predicted molar refractivity (Wildman–Crippen MR) is 75.2 cm³/mol. The maximum Gasteiger partial charge on any atom is 0.313 e. The summed E-state index contributed by atoms with van der Waals surface area (Å²) in [5.41, 5.74) is 0.0575. The first-order chi connectivity index (χ1) is 8.50. The Morgan fingerprint density at radius 2 is 1.78 bits per heavy atom. The average Bonchev–Trinajstić information content (AvgIpc) is 2.82. The van der Waals surface area contributed by atoms with Crippen molar-refractivity contribution in [2.24, 2.45) is 0 Å². The molecule has 1 saturated carbocycles. The Hall–Kier alpha value is -0.960. The summed E-state index contributed by atoms with van der Waals surface area (Å²) >= 11 is 1.93. The molecule has 1 aliphatic carbocycles. The molecular weight excluding hydrogens is 244 g/mol. The minimum atomic E-state index is -0.809. The van der Waals surface area contributed by atoms with Gasteiger partial charge >= 0.3 is 5.97 Å². The van der Waals surface area contributed by atoms with Crippen molar-refractivity contribution in [3.8, 4) is 0 Å². The van der Waals surface area contributed by atoms with Crippen molar-refractivity contribution in [3.63, 3.8) is 0 Å². The molecule has 3 heteroatoms. The van der Waals surface area contributed by atoms with Crippen molar-refractivity contribution in [1.29, 1.82) is 0 Å². The number of thioether (sulfide) groups is 1. The second-order valence-electron chi connectivity index (χ2n) is 5.48. The van der Waals surface area contributed by atoms with Crippen LogP contribution in [0, 0.1) is 0 Å². The summed E-state index contributed by atoms with van der Waals surface area (Å²) in [7, 11) is 0. The maximum absolute atomic E-state index is 11.2. The number of benzene rings is 1. The molecule has 1 aromatic rings. The molecule has 1 aliphatic rings. The van der Waals surface area contributed by atoms with Crippen molar-refractivity contribution in [1.82, 2.24) is 0 Å². The first-order valence-electron chi connectivity index (χ1n) is 6.51. The van der Waals surface area contributed by atoms with Crippen LogP contribution in [0.3, 0.4) is 0 Å². The average molecular weight is 264 g/mol. The van der Waals surface area contributed by atoms with Crippen molar-refractivity contribution in [2.45, 2.75) is 55.1 Å². The Morgan fingerprint density at radius 3 is 2.28 bits per heavy atom. The van der Waals surface area contributed by atoms with E-state index in [1.54, 1.807) is 13.8 Å². The van der Waals surface area contributed by atoms with Gasteiger partial charge in [0.2, 0.25) is 0 Å². The lowest BCUT2D eigenvalue weighted by molar-refractivity contribution is -0.142. The molecule has 0 heterocycles. The molecule has 18 heavy (non-hydrogen) atoms. The molecule has 0 aromatic heterocycles. The van der Waals surface area contributed by atoms with Crippen LogP contribution in [-0.2, 0) is 10.2 Å². The fourth-order valence-corrected chi connectivity index (χ4v) is 3.52. The smallest absolute Gasteiger partial charge is 0.313 e. The van der Waals surface area contributed by atoms with E-state index in [1.165, 1.54) is 30.6 Å². The van der Waals surface area contributed by atoms with Crippen LogP contribution >= 0.6 is 11.8 Å². The van der Waals surface area contributed by atoms with Crippen LogP contribution in [0.25, 0.3) is 0 Å². The molecule has 0 aliphatic heterocycles. The second-order valence-corrected chi connectivity index (χ2v) is 6.85. The monoisotopic (exact) mass is 264 g/mol. The predicted octanol–water partition coefficient (Wildman–Crippen LogP) is 4.08. The van der Waals surface area contributed by atoms with Gasteiger partial charge in [0.05, 0.1) is 5.41 Å². The molecule has 1 N–H and O–H groups in total. The summed E-state index contributed by atoms with van der Waals surface area (Å²) in [4.78, 5) is 12.4. The fourth-order valence-electron chi connectivity index (χ4n) is 2.27. The highest BCUT2D eigenvalue weighted by Crippen LogP contribution is 2.35. The summed E-state index contributed by atoms with van der Waals surface area (Å²) in [6.45, 7) is 3.49. The molecule has 1 fully saturated rings. The third-order valence-corrected chi connectivity index (χ3v) is 5.06. The van der Waals surface area contributed by atoms with Gasteiger partial charge in [-0.3, -0.25) is 4.79 Å². The molecule has 0 amide bonds. The van der Waals surface area contributed by atoms with Crippen LogP contribution < -0.4 is 0 Å². The van der Waals surface area contributed by atoms with E-state index < -0.39 is 11.4 Å². The van der Waals surface area contributed by atoms with Gasteiger partial charge in [0.25, 0.3) is 0 Å². The molecular formula is C15H20O2S. The van der Waals surface area contributed by atoms with Crippen LogP contribution in [0.1, 0.15) is 45.1 Å². The van der Waals surface area contributed by atoms with E-state index in [2.05, 4.69) is 12.1 Å². The Morgan fingerprint density at radius 1 is 1.22 bits per heavy atom. The SMILES string of the molecule is CC(C)(C(=O)O)c1ccc(SC2CCCC2)cc1. The summed E-state index contributed by atoms with van der Waals surface area (Å²) in [6, 6.07) is 8.02. The van der Waals surface area contributed by atoms with Crippen molar-refractivity contribution in [3.05, 3.63) is 29.8 Å². The fraction of sp³-hybridized carbons (Fsp3) is 0.533. The van der Waals surface area contributed by atoms with E-state index in [1.807, 2.05) is 23.9 Å². The molecule has 98 valence electrons. The van der Waals surface area contributed by atoms with E-state index in [4.69, 9.17) is 0 Å². The van der Waals surface area contributed by atoms with Crippen LogP contribution in [0.5, 0.6) is 0 Å². The van der Waals surface area contributed by atoms with Gasteiger partial charge in [0.15, 0.2) is 0 Å². The van der Waals surface area contributed by atoms with Crippen molar-refractivity contribution in [2.75, 3.05) is 0 Å². The molecule has 0 saturated heterocycles. The quantitative estimate of drug-likeness (QED) is 0.890. The Kier molecular flexibility index (Phi) is 4.00. The standard InChI is InChI=1S/C15H20O2S/c1-15(2,14(16)17)11-7-9-13(10-8-11)18-12-5-3-4-6-12/h7-10,12H,3-6H2,1-2H3,(H,16,17). The number of carboxylic acid groups (broad SMARTS) is 1. The van der Waals surface area contributed by atoms with E-state index >= 15 is 0 Å². The second kappa shape index (κ2) is 5.35. The van der Waals surface area contributed by atoms with Crippen LogP contribution in [-0.4, -0.2) is 16.3 Å². The number of aliphatic carboxylic acids is 1. The molecule has 0 radical (unpaired) electrons. The van der Waals surface area contributed by atoms with Crippen molar-refractivity contribution >= 4 is 17.7 Å². The van der Waals surface area contributed by atoms with Gasteiger partial charge in [-0.05, 0) is 44.4 Å². The number of hydrogen-bond donors (Lipinski definition) is 1. The Bertz CT molecular complexity index is 417. The number of hydrogen-bond acceptors (Lipinski definition) is 2. The van der Waals surface area contributed by atoms with Gasteiger partial charge in [0.1, 0.15) is 0 Å². The topological polar surface area (TPSA) is 37.3 Å². The number of carbonyl (C=O) groups is 1. The van der Waals surface area contributed by atoms with Crippen molar-refractivity contribution < 1.29 is 9.90 Å². The normalized spacial score (nSPS) is 17.0. The first-order valence-corrected chi connectivity index (χ1v) is 7.39. The van der Waals surface area contributed by atoms with Gasteiger partial charge in [-0.2, -0.15) is 0 Å². The molecule has 0 atom stereocenters. The van der Waals surface area contributed by atoms with E-state index in [0.29, 0.717) is 0 Å². The van der Waals surface area contributed by atoms with Crippen LogP contribution in [0.15, 0.2) is 29.2 Å².